The predicted octanol–water partition coefficient (Wildman–Crippen LogP) is 5.33. The summed E-state index contributed by atoms with van der Waals surface area (Å²) < 4.78 is 20.2. The highest BCUT2D eigenvalue weighted by molar-refractivity contribution is 5.57. The number of oxazole rings is 1. The molecule has 0 radical (unpaired) electrons. The van der Waals surface area contributed by atoms with E-state index in [1.165, 1.54) is 18.9 Å². The Morgan fingerprint density at radius 3 is 2.65 bits per heavy atom. The van der Waals surface area contributed by atoms with Crippen LogP contribution >= 0.6 is 0 Å². The number of nitriles is 1. The van der Waals surface area contributed by atoms with E-state index in [1.54, 1.807) is 12.3 Å². The molecule has 2 heterocycles. The van der Waals surface area contributed by atoms with Gasteiger partial charge in [-0.2, -0.15) is 5.26 Å². The van der Waals surface area contributed by atoms with Gasteiger partial charge in [-0.25, -0.2) is 9.37 Å². The van der Waals surface area contributed by atoms with Gasteiger partial charge in [0.2, 0.25) is 0 Å². The maximum Gasteiger partial charge on any atom is 0.295 e. The summed E-state index contributed by atoms with van der Waals surface area (Å²) in [7, 11) is 0. The Labute approximate surface area is 199 Å². The van der Waals surface area contributed by atoms with Crippen LogP contribution in [-0.4, -0.2) is 36.2 Å². The number of nitrogens with one attached hydrogen (secondary N) is 2. The quantitative estimate of drug-likeness (QED) is 0.519. The number of aromatic nitrogens is 1. The molecule has 0 amide bonds. The monoisotopic (exact) mass is 459 g/mol. The molecule has 7 heteroatoms. The molecule has 1 aliphatic heterocycles. The van der Waals surface area contributed by atoms with E-state index in [1.807, 2.05) is 42.5 Å². The zero-order valence-corrected chi connectivity index (χ0v) is 19.2. The minimum Gasteiger partial charge on any atom is -0.424 e. The first-order valence-electron chi connectivity index (χ1n) is 12.2. The number of benzene rings is 2. The lowest BCUT2D eigenvalue weighted by molar-refractivity contribution is 0.290. The lowest BCUT2D eigenvalue weighted by atomic mass is 9.89. The fourth-order valence-corrected chi connectivity index (χ4v) is 5.18. The van der Waals surface area contributed by atoms with E-state index in [9.17, 15) is 4.39 Å². The van der Waals surface area contributed by atoms with Crippen molar-refractivity contribution >= 4 is 11.7 Å². The van der Waals surface area contributed by atoms with Crippen molar-refractivity contribution in [2.75, 3.05) is 23.3 Å². The topological polar surface area (TPSA) is 77.1 Å². The summed E-state index contributed by atoms with van der Waals surface area (Å²) in [6, 6.07) is 18.3. The third-order valence-electron chi connectivity index (χ3n) is 6.95. The Morgan fingerprint density at radius 1 is 1.03 bits per heavy atom. The van der Waals surface area contributed by atoms with E-state index in [-0.39, 0.29) is 11.6 Å². The minimum absolute atomic E-state index is 0.0912. The molecule has 1 aromatic heterocycles. The number of rotatable bonds is 6. The lowest BCUT2D eigenvalue weighted by Gasteiger charge is -2.40. The predicted molar refractivity (Wildman–Crippen MR) is 131 cm³/mol. The van der Waals surface area contributed by atoms with E-state index in [4.69, 9.17) is 9.68 Å². The van der Waals surface area contributed by atoms with Gasteiger partial charge in [-0.1, -0.05) is 43.2 Å². The standard InChI is InChI=1S/C27H30FN5O/c28-23-15-22(13-12-20(23)16-29)33-14-6-9-21(18-33)31-24-10-4-5-11-25(24)32-27-30-17-26(34-27)19-7-2-1-3-8-19/h1-3,7-8,12-13,15,17,21,24-25,31H,4-6,9-11,14,18H2,(H,30,32)/t21-,24+,25+/m0/s1. The van der Waals surface area contributed by atoms with Gasteiger partial charge in [0, 0.05) is 42.5 Å². The largest absolute Gasteiger partial charge is 0.424 e. The molecule has 1 aliphatic carbocycles. The second-order valence-corrected chi connectivity index (χ2v) is 9.27. The molecule has 2 aliphatic rings. The van der Waals surface area contributed by atoms with Crippen LogP contribution in [0.25, 0.3) is 11.3 Å². The molecule has 0 bridgehead atoms. The van der Waals surface area contributed by atoms with Crippen LogP contribution in [0.3, 0.4) is 0 Å². The molecule has 3 atom stereocenters. The van der Waals surface area contributed by atoms with Crippen LogP contribution in [0, 0.1) is 17.1 Å². The lowest BCUT2D eigenvalue weighted by Crippen LogP contribution is -2.54. The summed E-state index contributed by atoms with van der Waals surface area (Å²) in [5.74, 6) is 0.313. The van der Waals surface area contributed by atoms with Gasteiger partial charge in [0.15, 0.2) is 5.76 Å². The molecule has 34 heavy (non-hydrogen) atoms. The molecule has 1 saturated heterocycles. The van der Waals surface area contributed by atoms with Crippen LogP contribution < -0.4 is 15.5 Å². The molecular weight excluding hydrogens is 429 g/mol. The van der Waals surface area contributed by atoms with Gasteiger partial charge in [0.1, 0.15) is 11.9 Å². The Morgan fingerprint density at radius 2 is 1.85 bits per heavy atom. The first kappa shape index (κ1) is 22.4. The van der Waals surface area contributed by atoms with Gasteiger partial charge in [-0.3, -0.25) is 0 Å². The first-order chi connectivity index (χ1) is 16.7. The third-order valence-corrected chi connectivity index (χ3v) is 6.95. The fraction of sp³-hybridized carbons (Fsp3) is 0.407. The molecule has 3 aromatic rings. The maximum atomic E-state index is 14.2. The molecule has 2 N–H and O–H groups in total. The number of halogens is 1. The van der Waals surface area contributed by atoms with Crippen LogP contribution in [0.2, 0.25) is 0 Å². The van der Waals surface area contributed by atoms with E-state index < -0.39 is 5.82 Å². The molecular formula is C27H30FN5O. The van der Waals surface area contributed by atoms with Gasteiger partial charge in [0.05, 0.1) is 11.8 Å². The summed E-state index contributed by atoms with van der Waals surface area (Å²) in [5.41, 5.74) is 1.95. The molecule has 1 saturated carbocycles. The highest BCUT2D eigenvalue weighted by atomic mass is 19.1. The molecule has 6 nitrogen and oxygen atoms in total. The van der Waals surface area contributed by atoms with Gasteiger partial charge in [-0.15, -0.1) is 0 Å². The number of piperidine rings is 1. The van der Waals surface area contributed by atoms with Crippen molar-refractivity contribution in [3.05, 3.63) is 66.1 Å². The molecule has 0 spiro atoms. The van der Waals surface area contributed by atoms with Crippen LogP contribution in [0.4, 0.5) is 16.1 Å². The first-order valence-corrected chi connectivity index (χ1v) is 12.2. The van der Waals surface area contributed by atoms with Crippen molar-refractivity contribution in [3.8, 4) is 17.4 Å². The van der Waals surface area contributed by atoms with Crippen molar-refractivity contribution in [3.63, 3.8) is 0 Å². The second kappa shape index (κ2) is 10.3. The summed E-state index contributed by atoms with van der Waals surface area (Å²) in [6.07, 6.45) is 8.47. The van der Waals surface area contributed by atoms with Gasteiger partial charge < -0.3 is 20.0 Å². The fourth-order valence-electron chi connectivity index (χ4n) is 5.18. The van der Waals surface area contributed by atoms with Gasteiger partial charge >= 0.3 is 0 Å². The number of hydrogen-bond donors (Lipinski definition) is 2. The second-order valence-electron chi connectivity index (χ2n) is 9.27. The highest BCUT2D eigenvalue weighted by Gasteiger charge is 2.30. The van der Waals surface area contributed by atoms with Crippen molar-refractivity contribution in [1.29, 1.82) is 5.26 Å². The van der Waals surface area contributed by atoms with Crippen LogP contribution in [0.15, 0.2) is 59.1 Å². The van der Waals surface area contributed by atoms with E-state index in [0.717, 1.165) is 55.8 Å². The van der Waals surface area contributed by atoms with Crippen molar-refractivity contribution < 1.29 is 8.81 Å². The molecule has 5 rings (SSSR count). The maximum absolute atomic E-state index is 14.2. The third kappa shape index (κ3) is 5.07. The van der Waals surface area contributed by atoms with Crippen molar-refractivity contribution in [1.82, 2.24) is 10.3 Å². The van der Waals surface area contributed by atoms with Crippen molar-refractivity contribution in [2.24, 2.45) is 0 Å². The smallest absolute Gasteiger partial charge is 0.295 e. The number of hydrogen-bond acceptors (Lipinski definition) is 6. The van der Waals surface area contributed by atoms with Crippen LogP contribution in [0.1, 0.15) is 44.1 Å². The Balaban J connectivity index is 1.23. The summed E-state index contributed by atoms with van der Waals surface area (Å²) in [6.45, 7) is 1.72. The SMILES string of the molecule is N#Cc1ccc(N2CCC[C@H](N[C@@H]3CCCC[C@H]3Nc3ncc(-c4ccccc4)o3)C2)cc1F. The normalized spacial score (nSPS) is 22.8. The molecule has 0 unspecified atom stereocenters. The Hall–Kier alpha value is -3.37. The Bertz CT molecular complexity index is 1140. The zero-order valence-electron chi connectivity index (χ0n) is 19.2. The highest BCUT2D eigenvalue weighted by Crippen LogP contribution is 2.28. The molecule has 2 aromatic carbocycles. The van der Waals surface area contributed by atoms with E-state index in [2.05, 4.69) is 20.5 Å². The molecule has 2 fully saturated rings. The average Bonchev–Trinajstić information content (AvgIpc) is 3.34. The van der Waals surface area contributed by atoms with E-state index >= 15 is 0 Å². The van der Waals surface area contributed by atoms with Crippen molar-refractivity contribution in [2.45, 2.75) is 56.7 Å². The minimum atomic E-state index is -0.451. The average molecular weight is 460 g/mol. The van der Waals surface area contributed by atoms with Gasteiger partial charge in [-0.05, 0) is 43.9 Å². The Kier molecular flexibility index (Phi) is 6.77. The van der Waals surface area contributed by atoms with Gasteiger partial charge in [0.25, 0.3) is 6.01 Å². The summed E-state index contributed by atoms with van der Waals surface area (Å²) in [4.78, 5) is 6.69. The van der Waals surface area contributed by atoms with Crippen LogP contribution in [0.5, 0.6) is 0 Å². The van der Waals surface area contributed by atoms with E-state index in [0.29, 0.717) is 18.1 Å². The zero-order chi connectivity index (χ0) is 23.3. The number of anilines is 2. The summed E-state index contributed by atoms with van der Waals surface area (Å²) in [5, 5.41) is 16.4. The number of nitrogens with zero attached hydrogens (tertiary/aromatic N) is 3. The summed E-state index contributed by atoms with van der Waals surface area (Å²) >= 11 is 0. The van der Waals surface area contributed by atoms with Crippen LogP contribution in [-0.2, 0) is 0 Å². The molecule has 176 valence electrons.